The van der Waals surface area contributed by atoms with Crippen LogP contribution in [0.4, 0.5) is 5.95 Å². The molecular weight excluding hydrogens is 230 g/mol. The van der Waals surface area contributed by atoms with E-state index >= 15 is 0 Å². The van der Waals surface area contributed by atoms with Gasteiger partial charge in [0.2, 0.25) is 5.95 Å². The molecule has 94 valence electrons. The lowest BCUT2D eigenvalue weighted by molar-refractivity contribution is -0.0239. The minimum absolute atomic E-state index is 0.106. The molecule has 8 heteroatoms. The summed E-state index contributed by atoms with van der Waals surface area (Å²) in [5.41, 5.74) is 5.00. The molecule has 1 aliphatic heterocycles. The maximum Gasteiger partial charge on any atom is 0.252 e. The van der Waals surface area contributed by atoms with Gasteiger partial charge in [-0.15, -0.1) is 0 Å². The number of rotatable bonds is 2. The van der Waals surface area contributed by atoms with Gasteiger partial charge in [0.1, 0.15) is 24.4 Å². The van der Waals surface area contributed by atoms with E-state index in [2.05, 4.69) is 9.97 Å². The third-order valence-corrected chi connectivity index (χ3v) is 2.61. The Balaban J connectivity index is 2.31. The number of hydrogen-bond donors (Lipinski definition) is 5. The standard InChI is InChI=1S/C9H13N3O5/c10-9-11-3(1-5(14)12-9)8-7(16)6(15)4(2-13)17-8/h1,4,6-8,13,15-16H,2H2,(H3,10,11,12,14)/t4-,6-,7-,8?/m1/s1. The van der Waals surface area contributed by atoms with E-state index in [1.54, 1.807) is 0 Å². The molecule has 0 amide bonds. The van der Waals surface area contributed by atoms with Gasteiger partial charge in [-0.05, 0) is 0 Å². The van der Waals surface area contributed by atoms with E-state index in [9.17, 15) is 15.0 Å². The zero-order valence-corrected chi connectivity index (χ0v) is 8.78. The Morgan fingerprint density at radius 2 is 2.18 bits per heavy atom. The first-order valence-electron chi connectivity index (χ1n) is 5.02. The van der Waals surface area contributed by atoms with Crippen molar-refractivity contribution in [1.82, 2.24) is 9.97 Å². The Bertz CT molecular complexity index is 462. The summed E-state index contributed by atoms with van der Waals surface area (Å²) in [6.45, 7) is -0.437. The molecule has 0 saturated carbocycles. The first kappa shape index (κ1) is 12.0. The van der Waals surface area contributed by atoms with E-state index in [0.717, 1.165) is 6.07 Å². The fraction of sp³-hybridized carbons (Fsp3) is 0.556. The lowest BCUT2D eigenvalue weighted by atomic mass is 10.1. The van der Waals surface area contributed by atoms with Crippen LogP contribution in [0, 0.1) is 0 Å². The van der Waals surface area contributed by atoms with Crippen LogP contribution in [0.1, 0.15) is 11.8 Å². The Kier molecular flexibility index (Phi) is 3.11. The number of aromatic nitrogens is 2. The van der Waals surface area contributed by atoms with Gasteiger partial charge < -0.3 is 25.8 Å². The Labute approximate surface area is 95.7 Å². The molecule has 0 radical (unpaired) electrons. The van der Waals surface area contributed by atoms with E-state index in [4.69, 9.17) is 15.6 Å². The summed E-state index contributed by atoms with van der Waals surface area (Å²) < 4.78 is 5.21. The quantitative estimate of drug-likeness (QED) is 0.386. The van der Waals surface area contributed by atoms with Gasteiger partial charge >= 0.3 is 0 Å². The Morgan fingerprint density at radius 1 is 1.47 bits per heavy atom. The number of H-pyrrole nitrogens is 1. The third-order valence-electron chi connectivity index (χ3n) is 2.61. The number of anilines is 1. The number of aliphatic hydroxyl groups is 3. The summed E-state index contributed by atoms with van der Waals surface area (Å²) in [6.07, 6.45) is -4.38. The Morgan fingerprint density at radius 3 is 2.71 bits per heavy atom. The molecule has 2 rings (SSSR count). The highest BCUT2D eigenvalue weighted by atomic mass is 16.6. The summed E-state index contributed by atoms with van der Waals surface area (Å²) >= 11 is 0. The van der Waals surface area contributed by atoms with Crippen molar-refractivity contribution in [3.05, 3.63) is 22.1 Å². The highest BCUT2D eigenvalue weighted by Crippen LogP contribution is 2.31. The van der Waals surface area contributed by atoms with Gasteiger partial charge in [-0.2, -0.15) is 0 Å². The minimum Gasteiger partial charge on any atom is -0.394 e. The van der Waals surface area contributed by atoms with Crippen molar-refractivity contribution in [2.75, 3.05) is 12.3 Å². The highest BCUT2D eigenvalue weighted by Gasteiger charge is 2.43. The van der Waals surface area contributed by atoms with Gasteiger partial charge in [0.25, 0.3) is 5.56 Å². The van der Waals surface area contributed by atoms with E-state index in [1.165, 1.54) is 0 Å². The van der Waals surface area contributed by atoms with E-state index < -0.39 is 36.6 Å². The van der Waals surface area contributed by atoms with Crippen LogP contribution in [-0.4, -0.2) is 50.2 Å². The fourth-order valence-corrected chi connectivity index (χ4v) is 1.79. The molecular formula is C9H13N3O5. The fourth-order valence-electron chi connectivity index (χ4n) is 1.79. The second-order valence-electron chi connectivity index (χ2n) is 3.81. The molecule has 0 bridgehead atoms. The van der Waals surface area contributed by atoms with E-state index in [0.29, 0.717) is 0 Å². The van der Waals surface area contributed by atoms with Gasteiger partial charge in [-0.3, -0.25) is 9.78 Å². The SMILES string of the molecule is Nc1nc(C2O[C@H](CO)[C@@H](O)[C@H]2O)cc(=O)[nH]1. The van der Waals surface area contributed by atoms with Crippen molar-refractivity contribution >= 4 is 5.95 Å². The number of aromatic amines is 1. The molecule has 0 aliphatic carbocycles. The van der Waals surface area contributed by atoms with Crippen LogP contribution in [-0.2, 0) is 4.74 Å². The minimum atomic E-state index is -1.26. The average Bonchev–Trinajstić information content (AvgIpc) is 2.54. The molecule has 0 aromatic carbocycles. The van der Waals surface area contributed by atoms with Gasteiger partial charge in [-0.25, -0.2) is 4.98 Å². The molecule has 1 aromatic heterocycles. The van der Waals surface area contributed by atoms with Crippen LogP contribution in [0.15, 0.2) is 10.9 Å². The molecule has 1 saturated heterocycles. The zero-order chi connectivity index (χ0) is 12.6. The molecule has 6 N–H and O–H groups in total. The van der Waals surface area contributed by atoms with Crippen LogP contribution in [0.2, 0.25) is 0 Å². The number of hydrogen-bond acceptors (Lipinski definition) is 7. The average molecular weight is 243 g/mol. The molecule has 4 atom stereocenters. The summed E-state index contributed by atoms with van der Waals surface area (Å²) in [5, 5.41) is 28.2. The number of nitrogens with zero attached hydrogens (tertiary/aromatic N) is 1. The van der Waals surface area contributed by atoms with E-state index in [-0.39, 0.29) is 11.6 Å². The zero-order valence-electron chi connectivity index (χ0n) is 8.78. The molecule has 2 heterocycles. The molecule has 1 fully saturated rings. The van der Waals surface area contributed by atoms with Gasteiger partial charge in [0, 0.05) is 6.07 Å². The summed E-state index contributed by atoms with van der Waals surface area (Å²) in [4.78, 5) is 17.2. The molecule has 1 unspecified atom stereocenters. The normalized spacial score (nSPS) is 32.9. The highest BCUT2D eigenvalue weighted by molar-refractivity contribution is 5.20. The van der Waals surface area contributed by atoms with Crippen molar-refractivity contribution < 1.29 is 20.1 Å². The van der Waals surface area contributed by atoms with Crippen molar-refractivity contribution in [3.8, 4) is 0 Å². The lowest BCUT2D eigenvalue weighted by Gasteiger charge is -2.13. The second-order valence-corrected chi connectivity index (χ2v) is 3.81. The summed E-state index contributed by atoms with van der Waals surface area (Å²) in [5.74, 6) is -0.106. The number of nitrogens with two attached hydrogens (primary N) is 1. The van der Waals surface area contributed by atoms with Gasteiger partial charge in [-0.1, -0.05) is 0 Å². The topological polar surface area (TPSA) is 142 Å². The molecule has 8 nitrogen and oxygen atoms in total. The van der Waals surface area contributed by atoms with Crippen molar-refractivity contribution in [3.63, 3.8) is 0 Å². The number of nitrogen functional groups attached to an aromatic ring is 1. The van der Waals surface area contributed by atoms with Crippen LogP contribution < -0.4 is 11.3 Å². The maximum absolute atomic E-state index is 11.2. The second kappa shape index (κ2) is 4.41. The van der Waals surface area contributed by atoms with Crippen molar-refractivity contribution in [2.45, 2.75) is 24.4 Å². The van der Waals surface area contributed by atoms with E-state index in [1.807, 2.05) is 0 Å². The predicted molar refractivity (Wildman–Crippen MR) is 56.0 cm³/mol. The third kappa shape index (κ3) is 2.15. The maximum atomic E-state index is 11.2. The first-order chi connectivity index (χ1) is 8.02. The van der Waals surface area contributed by atoms with Crippen molar-refractivity contribution in [1.29, 1.82) is 0 Å². The Hall–Kier alpha value is -1.48. The summed E-state index contributed by atoms with van der Waals surface area (Å²) in [6, 6.07) is 1.12. The van der Waals surface area contributed by atoms with Crippen LogP contribution in [0.25, 0.3) is 0 Å². The van der Waals surface area contributed by atoms with Gasteiger partial charge in [0.05, 0.1) is 12.3 Å². The lowest BCUT2D eigenvalue weighted by Crippen LogP contribution is -2.32. The molecule has 1 aliphatic rings. The largest absolute Gasteiger partial charge is 0.394 e. The smallest absolute Gasteiger partial charge is 0.252 e. The van der Waals surface area contributed by atoms with Crippen molar-refractivity contribution in [2.24, 2.45) is 0 Å². The summed E-state index contributed by atoms with van der Waals surface area (Å²) in [7, 11) is 0. The first-order valence-corrected chi connectivity index (χ1v) is 5.02. The monoisotopic (exact) mass is 243 g/mol. The molecule has 17 heavy (non-hydrogen) atoms. The molecule has 1 aromatic rings. The molecule has 0 spiro atoms. The predicted octanol–water partition coefficient (Wildman–Crippen LogP) is -2.49. The van der Waals surface area contributed by atoms with Crippen LogP contribution in [0.5, 0.6) is 0 Å². The van der Waals surface area contributed by atoms with Crippen LogP contribution in [0.3, 0.4) is 0 Å². The number of ether oxygens (including phenoxy) is 1. The number of aliphatic hydroxyl groups excluding tert-OH is 3. The van der Waals surface area contributed by atoms with Gasteiger partial charge in [0.15, 0.2) is 0 Å². The van der Waals surface area contributed by atoms with Crippen LogP contribution >= 0.6 is 0 Å². The number of nitrogens with one attached hydrogen (secondary N) is 1.